The van der Waals surface area contributed by atoms with Crippen LogP contribution in [0, 0.1) is 0 Å². The Labute approximate surface area is 664 Å². The second-order valence-corrected chi connectivity index (χ2v) is 31.8. The van der Waals surface area contributed by atoms with Gasteiger partial charge in [-0.15, -0.1) is 0 Å². The van der Waals surface area contributed by atoms with Gasteiger partial charge in [0, 0.05) is 39.3 Å². The highest BCUT2D eigenvalue weighted by Crippen LogP contribution is 2.22. The molecule has 0 aromatic heterocycles. The van der Waals surface area contributed by atoms with Gasteiger partial charge in [-0.25, -0.2) is 0 Å². The predicted molar refractivity (Wildman–Crippen MR) is 459 cm³/mol. The molecule has 1 unspecified atom stereocenters. The van der Waals surface area contributed by atoms with Crippen LogP contribution in [-0.2, 0) is 47.5 Å². The number of likely N-dealkylation sites (N-methyl/N-ethyl adjacent to an activating group) is 1. The highest BCUT2D eigenvalue weighted by atomic mass is 16.6. The molecule has 1 atom stereocenters. The first-order valence-corrected chi connectivity index (χ1v) is 46.5. The zero-order chi connectivity index (χ0) is 77.7. The number of hydrogen-bond donors (Lipinski definition) is 0. The van der Waals surface area contributed by atoms with Crippen LogP contribution in [0.25, 0.3) is 0 Å². The summed E-state index contributed by atoms with van der Waals surface area (Å²) in [4.78, 5) is 45.4. The molecule has 0 radical (unpaired) electrons. The smallest absolute Gasteiger partial charge is 0.323 e. The molecular weight excluding hydrogens is 1330 g/mol. The molecule has 0 aromatic rings. The molecule has 0 aliphatic carbocycles. The molecule has 630 valence electrons. The quantitative estimate of drug-likeness (QED) is 0.0249. The topological polar surface area (TPSA) is 122 Å². The van der Waals surface area contributed by atoms with Crippen molar-refractivity contribution < 1.29 is 47.5 Å². The molecule has 0 saturated carbocycles. The van der Waals surface area contributed by atoms with Gasteiger partial charge in [-0.3, -0.25) is 19.3 Å². The van der Waals surface area contributed by atoms with Gasteiger partial charge in [0.05, 0.1) is 26.4 Å². The van der Waals surface area contributed by atoms with Crippen molar-refractivity contribution in [2.24, 2.45) is 0 Å². The Kier molecular flexibility index (Phi) is 84.8. The molecule has 0 aromatic carbocycles. The van der Waals surface area contributed by atoms with Crippen molar-refractivity contribution >= 4 is 17.9 Å². The number of nitrogens with zero attached hydrogens (tertiary/aromatic N) is 2. The highest BCUT2D eigenvalue weighted by Gasteiger charge is 2.26. The van der Waals surface area contributed by atoms with E-state index in [1.165, 1.54) is 231 Å². The molecule has 0 spiro atoms. The van der Waals surface area contributed by atoms with Crippen LogP contribution >= 0.6 is 0 Å². The van der Waals surface area contributed by atoms with E-state index in [2.05, 4.69) is 114 Å². The maximum atomic E-state index is 14.3. The number of rotatable bonds is 88. The number of allylic oxidation sites excluding steroid dienone is 8. The Morgan fingerprint density at radius 2 is 0.533 bits per heavy atom. The molecule has 0 amide bonds. The summed E-state index contributed by atoms with van der Waals surface area (Å²) in [7, 11) is 4.11. The van der Waals surface area contributed by atoms with E-state index in [9.17, 15) is 14.4 Å². The van der Waals surface area contributed by atoms with Gasteiger partial charge in [-0.05, 0) is 188 Å². The average molecular weight is 1510 g/mol. The average Bonchev–Trinajstić information content (AvgIpc) is 0.986. The van der Waals surface area contributed by atoms with Crippen LogP contribution in [0.4, 0.5) is 0 Å². The van der Waals surface area contributed by atoms with E-state index in [-0.39, 0.29) is 42.3 Å². The maximum Gasteiger partial charge on any atom is 0.323 e. The van der Waals surface area contributed by atoms with Crippen molar-refractivity contribution in [3.05, 3.63) is 48.6 Å². The van der Waals surface area contributed by atoms with Crippen molar-refractivity contribution in [1.29, 1.82) is 0 Å². The van der Waals surface area contributed by atoms with Crippen LogP contribution < -0.4 is 0 Å². The van der Waals surface area contributed by atoms with E-state index in [1.807, 2.05) is 0 Å². The normalized spacial score (nSPS) is 12.5. The van der Waals surface area contributed by atoms with Crippen molar-refractivity contribution in [2.75, 3.05) is 86.6 Å². The summed E-state index contributed by atoms with van der Waals surface area (Å²) in [5.74, 6) is -0.323. The fraction of sp³-hybridized carbons (Fsp3) is 0.884. The van der Waals surface area contributed by atoms with Crippen LogP contribution in [0.15, 0.2) is 48.6 Å². The summed E-state index contributed by atoms with van der Waals surface area (Å²) in [6, 6.07) is -0.252. The first-order valence-electron chi connectivity index (χ1n) is 46.5. The molecule has 12 nitrogen and oxygen atoms in total. The molecule has 12 heteroatoms. The molecule has 0 fully saturated rings. The highest BCUT2D eigenvalue weighted by molar-refractivity contribution is 5.76. The van der Waals surface area contributed by atoms with Gasteiger partial charge in [0.1, 0.15) is 24.4 Å². The third kappa shape index (κ3) is 78.2. The largest absolute Gasteiger partial charge is 0.461 e. The minimum atomic E-state index is -0.362. The van der Waals surface area contributed by atoms with Crippen molar-refractivity contribution in [2.45, 2.75) is 458 Å². The standard InChI is InChI=1S/C95H180N2O10/c1-9-15-21-27-29-31-33-35-37-39-41-43-45-47-51-61-73-89(74-62-52-48-46-44-42-40-38-36-34-32-30-28-22-16-10-2)107-95(100)92(96(7)8)75-65-68-80-97(78-66-55-49-53-63-76-93(98)105-90(85-101-81-69-57-23-17-11-3)86-102-82-70-58-24-18-12-4)79-67-56-50-54-64-77-94(99)106-91(87-103-83-71-59-25-19-13-5)88-104-84-72-60-26-20-14-6/h29-32,35-38,89-92H,9-28,33-34,39-88H2,1-8H3/b31-29+,32-30+,37-35+,38-36+. The molecule has 0 aliphatic heterocycles. The Hall–Kier alpha value is -2.87. The fourth-order valence-corrected chi connectivity index (χ4v) is 13.9. The Bertz CT molecular complexity index is 1790. The summed E-state index contributed by atoms with van der Waals surface area (Å²) in [6.07, 6.45) is 87.3. The molecule has 107 heavy (non-hydrogen) atoms. The zero-order valence-electron chi connectivity index (χ0n) is 72.3. The minimum absolute atomic E-state index is 0.0157. The van der Waals surface area contributed by atoms with Crippen LogP contribution in [0.1, 0.15) is 433 Å². The lowest BCUT2D eigenvalue weighted by Gasteiger charge is -2.27. The first kappa shape index (κ1) is 104. The minimum Gasteiger partial charge on any atom is -0.461 e. The Balaban J connectivity index is 5.75. The van der Waals surface area contributed by atoms with Gasteiger partial charge >= 0.3 is 17.9 Å². The van der Waals surface area contributed by atoms with E-state index >= 15 is 0 Å². The third-order valence-electron chi connectivity index (χ3n) is 20.9. The summed E-state index contributed by atoms with van der Waals surface area (Å²) in [5.41, 5.74) is 0. The number of ether oxygens (including phenoxy) is 7. The number of hydrogen-bond acceptors (Lipinski definition) is 12. The lowest BCUT2D eigenvalue weighted by Crippen LogP contribution is -2.39. The number of esters is 3. The second kappa shape index (κ2) is 87.1. The summed E-state index contributed by atoms with van der Waals surface area (Å²) < 4.78 is 42.7. The van der Waals surface area contributed by atoms with Gasteiger partial charge in [-0.1, -0.05) is 315 Å². The van der Waals surface area contributed by atoms with E-state index in [0.717, 1.165) is 167 Å². The third-order valence-corrected chi connectivity index (χ3v) is 20.9. The second-order valence-electron chi connectivity index (χ2n) is 31.8. The van der Waals surface area contributed by atoms with Crippen molar-refractivity contribution in [3.63, 3.8) is 0 Å². The fourth-order valence-electron chi connectivity index (χ4n) is 13.9. The zero-order valence-corrected chi connectivity index (χ0v) is 72.3. The predicted octanol–water partition coefficient (Wildman–Crippen LogP) is 27.2. The molecule has 0 heterocycles. The van der Waals surface area contributed by atoms with Gasteiger partial charge < -0.3 is 38.1 Å². The Morgan fingerprint density at radius 1 is 0.271 bits per heavy atom. The number of carbonyl (C=O) groups excluding carboxylic acids is 3. The molecule has 0 N–H and O–H groups in total. The molecule has 0 saturated heterocycles. The van der Waals surface area contributed by atoms with Crippen LogP contribution in [0.5, 0.6) is 0 Å². The lowest BCUT2D eigenvalue weighted by molar-refractivity contribution is -0.157. The van der Waals surface area contributed by atoms with Crippen molar-refractivity contribution in [1.82, 2.24) is 9.80 Å². The van der Waals surface area contributed by atoms with Gasteiger partial charge in [0.15, 0.2) is 0 Å². The van der Waals surface area contributed by atoms with Gasteiger partial charge in [-0.2, -0.15) is 0 Å². The van der Waals surface area contributed by atoms with Gasteiger partial charge in [0.2, 0.25) is 0 Å². The van der Waals surface area contributed by atoms with E-state index in [0.29, 0.717) is 65.7 Å². The van der Waals surface area contributed by atoms with Gasteiger partial charge in [0.25, 0.3) is 0 Å². The van der Waals surface area contributed by atoms with E-state index in [4.69, 9.17) is 33.2 Å². The van der Waals surface area contributed by atoms with E-state index in [1.54, 1.807) is 0 Å². The van der Waals surface area contributed by atoms with Crippen LogP contribution in [0.2, 0.25) is 0 Å². The van der Waals surface area contributed by atoms with Crippen molar-refractivity contribution in [3.8, 4) is 0 Å². The summed E-state index contributed by atoms with van der Waals surface area (Å²) >= 11 is 0. The molecular formula is C95H180N2O10. The summed E-state index contributed by atoms with van der Waals surface area (Å²) in [5, 5.41) is 0. The summed E-state index contributed by atoms with van der Waals surface area (Å²) in [6.45, 7) is 20.9. The number of unbranched alkanes of at least 4 members (excludes halogenated alkanes) is 43. The molecule has 0 aliphatic rings. The lowest BCUT2D eigenvalue weighted by atomic mass is 10.0. The van der Waals surface area contributed by atoms with Crippen LogP contribution in [0.3, 0.4) is 0 Å². The first-order chi connectivity index (χ1) is 52.6. The van der Waals surface area contributed by atoms with E-state index < -0.39 is 0 Å². The maximum absolute atomic E-state index is 14.3. The number of carbonyl (C=O) groups is 3. The molecule has 0 rings (SSSR count). The SMILES string of the molecule is CCCCC/C=C/C/C=C/CCCCCCCCC(CCCCCCCC/C=C/C/C=C/CCCCC)OC(=O)C(CCCCN(CCCCCCCC(=O)OC(COCCCCCCC)COCCCCCCC)CCCCCCCC(=O)OC(COCCCCCCC)COCCCCCCC)N(C)C. The Morgan fingerprint density at radius 3 is 0.869 bits per heavy atom. The molecule has 0 bridgehead atoms. The monoisotopic (exact) mass is 1510 g/mol. The van der Waals surface area contributed by atoms with Crippen LogP contribution in [-0.4, -0.2) is 139 Å².